The molecule has 3 heterocycles. The maximum atomic E-state index is 12.2. The lowest BCUT2D eigenvalue weighted by molar-refractivity contribution is -0.116. The number of aromatic nitrogens is 2. The van der Waals surface area contributed by atoms with Crippen molar-refractivity contribution in [2.75, 3.05) is 12.4 Å². The Bertz CT molecular complexity index is 942. The van der Waals surface area contributed by atoms with Crippen LogP contribution < -0.4 is 5.32 Å². The molecular formula is C19H17N3O4. The Morgan fingerprint density at radius 2 is 2.15 bits per heavy atom. The highest BCUT2D eigenvalue weighted by atomic mass is 16.5. The van der Waals surface area contributed by atoms with Gasteiger partial charge in [-0.25, -0.2) is 9.48 Å². The number of esters is 1. The third-order valence-corrected chi connectivity index (χ3v) is 4.51. The Morgan fingerprint density at radius 3 is 2.85 bits per heavy atom. The number of ether oxygens (including phenoxy) is 1. The molecule has 132 valence electrons. The lowest BCUT2D eigenvalue weighted by Gasteiger charge is -2.23. The molecule has 0 unspecified atom stereocenters. The Hall–Kier alpha value is -3.35. The highest BCUT2D eigenvalue weighted by Gasteiger charge is 2.30. The van der Waals surface area contributed by atoms with E-state index in [4.69, 9.17) is 9.15 Å². The fraction of sp³-hybridized carbons (Fsp3) is 0.211. The van der Waals surface area contributed by atoms with Crippen LogP contribution in [0.3, 0.4) is 0 Å². The van der Waals surface area contributed by atoms with Gasteiger partial charge in [-0.2, -0.15) is 5.10 Å². The Labute approximate surface area is 149 Å². The zero-order chi connectivity index (χ0) is 18.1. The molecule has 1 N–H and O–H groups in total. The lowest BCUT2D eigenvalue weighted by atomic mass is 9.87. The Balaban J connectivity index is 1.66. The first-order valence-electron chi connectivity index (χ1n) is 8.22. The molecule has 2 aromatic heterocycles. The SMILES string of the molecule is COC(=O)c1ccc([C@@H]2CC(=O)Nc3c2cnn3Cc2ccco2)cc1. The van der Waals surface area contributed by atoms with E-state index in [2.05, 4.69) is 10.4 Å². The number of amides is 1. The molecule has 4 rings (SSSR count). The second-order valence-electron chi connectivity index (χ2n) is 6.10. The van der Waals surface area contributed by atoms with Crippen molar-refractivity contribution < 1.29 is 18.7 Å². The molecule has 7 heteroatoms. The summed E-state index contributed by atoms with van der Waals surface area (Å²) >= 11 is 0. The summed E-state index contributed by atoms with van der Waals surface area (Å²) in [6, 6.07) is 10.8. The third-order valence-electron chi connectivity index (χ3n) is 4.51. The third kappa shape index (κ3) is 2.88. The number of nitrogens with one attached hydrogen (secondary N) is 1. The van der Waals surface area contributed by atoms with Crippen molar-refractivity contribution in [3.63, 3.8) is 0 Å². The minimum absolute atomic E-state index is 0.0688. The van der Waals surface area contributed by atoms with Crippen LogP contribution in [-0.4, -0.2) is 28.8 Å². The molecule has 1 aliphatic rings. The van der Waals surface area contributed by atoms with Gasteiger partial charge in [0, 0.05) is 17.9 Å². The quantitative estimate of drug-likeness (QED) is 0.731. The molecule has 1 aromatic carbocycles. The van der Waals surface area contributed by atoms with Crippen LogP contribution in [0.15, 0.2) is 53.3 Å². The van der Waals surface area contributed by atoms with Crippen LogP contribution in [-0.2, 0) is 16.1 Å². The number of hydrogen-bond acceptors (Lipinski definition) is 5. The lowest BCUT2D eigenvalue weighted by Crippen LogP contribution is -2.25. The zero-order valence-electron chi connectivity index (χ0n) is 14.1. The smallest absolute Gasteiger partial charge is 0.337 e. The first-order chi connectivity index (χ1) is 12.7. The average molecular weight is 351 g/mol. The van der Waals surface area contributed by atoms with Crippen molar-refractivity contribution in [1.29, 1.82) is 0 Å². The Kier molecular flexibility index (Phi) is 4.04. The van der Waals surface area contributed by atoms with Gasteiger partial charge in [0.1, 0.15) is 18.1 Å². The van der Waals surface area contributed by atoms with Gasteiger partial charge in [-0.3, -0.25) is 4.79 Å². The van der Waals surface area contributed by atoms with Crippen LogP contribution in [0.5, 0.6) is 0 Å². The van der Waals surface area contributed by atoms with Crippen molar-refractivity contribution in [2.24, 2.45) is 0 Å². The maximum Gasteiger partial charge on any atom is 0.337 e. The van der Waals surface area contributed by atoms with E-state index < -0.39 is 0 Å². The van der Waals surface area contributed by atoms with Gasteiger partial charge in [0.05, 0.1) is 25.1 Å². The first kappa shape index (κ1) is 16.1. The molecule has 0 aliphatic carbocycles. The molecule has 7 nitrogen and oxygen atoms in total. The molecule has 0 saturated heterocycles. The van der Waals surface area contributed by atoms with Crippen LogP contribution >= 0.6 is 0 Å². The van der Waals surface area contributed by atoms with Crippen LogP contribution in [0.25, 0.3) is 0 Å². The number of anilines is 1. The van der Waals surface area contributed by atoms with Crippen LogP contribution in [0.2, 0.25) is 0 Å². The molecule has 0 spiro atoms. The van der Waals surface area contributed by atoms with Crippen molar-refractivity contribution in [3.8, 4) is 0 Å². The number of methoxy groups -OCH3 is 1. The van der Waals surface area contributed by atoms with E-state index in [0.29, 0.717) is 24.3 Å². The Morgan fingerprint density at radius 1 is 1.35 bits per heavy atom. The van der Waals surface area contributed by atoms with E-state index in [1.54, 1.807) is 29.3 Å². The van der Waals surface area contributed by atoms with E-state index in [1.165, 1.54) is 7.11 Å². The van der Waals surface area contributed by atoms with Gasteiger partial charge in [0.25, 0.3) is 0 Å². The topological polar surface area (TPSA) is 86.4 Å². The monoisotopic (exact) mass is 351 g/mol. The van der Waals surface area contributed by atoms with Gasteiger partial charge >= 0.3 is 5.97 Å². The normalized spacial score (nSPS) is 16.0. The maximum absolute atomic E-state index is 12.2. The highest BCUT2D eigenvalue weighted by molar-refractivity contribution is 5.94. The molecule has 1 aliphatic heterocycles. The molecule has 0 radical (unpaired) electrons. The molecular weight excluding hydrogens is 334 g/mol. The van der Waals surface area contributed by atoms with E-state index in [-0.39, 0.29) is 17.8 Å². The average Bonchev–Trinajstić information content (AvgIpc) is 3.31. The standard InChI is InChI=1S/C19H17N3O4/c1-25-19(24)13-6-4-12(5-7-13)15-9-17(23)21-18-16(15)10-20-22(18)11-14-3-2-8-26-14/h2-8,10,15H,9,11H2,1H3,(H,21,23)/t15-/m0/s1. The molecule has 0 bridgehead atoms. The van der Waals surface area contributed by atoms with E-state index in [1.807, 2.05) is 24.3 Å². The van der Waals surface area contributed by atoms with Crippen molar-refractivity contribution >= 4 is 17.7 Å². The second-order valence-corrected chi connectivity index (χ2v) is 6.10. The molecule has 3 aromatic rings. The molecule has 26 heavy (non-hydrogen) atoms. The van der Waals surface area contributed by atoms with Crippen LogP contribution in [0.1, 0.15) is 39.6 Å². The number of carbonyl (C=O) groups is 2. The van der Waals surface area contributed by atoms with E-state index in [9.17, 15) is 9.59 Å². The molecule has 1 atom stereocenters. The summed E-state index contributed by atoms with van der Waals surface area (Å²) in [6.07, 6.45) is 3.71. The van der Waals surface area contributed by atoms with Crippen molar-refractivity contribution in [2.45, 2.75) is 18.9 Å². The van der Waals surface area contributed by atoms with Crippen LogP contribution in [0.4, 0.5) is 5.82 Å². The summed E-state index contributed by atoms with van der Waals surface area (Å²) in [4.78, 5) is 23.8. The summed E-state index contributed by atoms with van der Waals surface area (Å²) < 4.78 is 11.8. The number of carbonyl (C=O) groups excluding carboxylic acids is 2. The van der Waals surface area contributed by atoms with Gasteiger partial charge in [0.15, 0.2) is 0 Å². The number of benzene rings is 1. The highest BCUT2D eigenvalue weighted by Crippen LogP contribution is 2.37. The number of nitrogens with zero attached hydrogens (tertiary/aromatic N) is 2. The predicted molar refractivity (Wildman–Crippen MR) is 92.9 cm³/mol. The van der Waals surface area contributed by atoms with Crippen molar-refractivity contribution in [3.05, 3.63) is 71.3 Å². The van der Waals surface area contributed by atoms with Crippen LogP contribution in [0, 0.1) is 0 Å². The van der Waals surface area contributed by atoms with E-state index >= 15 is 0 Å². The first-order valence-corrected chi connectivity index (χ1v) is 8.22. The van der Waals surface area contributed by atoms with Gasteiger partial charge in [-0.15, -0.1) is 0 Å². The molecule has 0 fully saturated rings. The summed E-state index contributed by atoms with van der Waals surface area (Å²) in [5, 5.41) is 7.31. The van der Waals surface area contributed by atoms with Gasteiger partial charge in [0.2, 0.25) is 5.91 Å². The number of rotatable bonds is 4. The minimum Gasteiger partial charge on any atom is -0.467 e. The summed E-state index contributed by atoms with van der Waals surface area (Å²) in [6.45, 7) is 0.441. The summed E-state index contributed by atoms with van der Waals surface area (Å²) in [7, 11) is 1.35. The fourth-order valence-corrected chi connectivity index (χ4v) is 3.21. The van der Waals surface area contributed by atoms with Gasteiger partial charge in [-0.1, -0.05) is 12.1 Å². The van der Waals surface area contributed by atoms with E-state index in [0.717, 1.165) is 16.9 Å². The summed E-state index contributed by atoms with van der Waals surface area (Å²) in [5.41, 5.74) is 2.37. The number of fused-ring (bicyclic) bond motifs is 1. The largest absolute Gasteiger partial charge is 0.467 e. The molecule has 0 saturated carbocycles. The fourth-order valence-electron chi connectivity index (χ4n) is 3.21. The second kappa shape index (κ2) is 6.51. The zero-order valence-corrected chi connectivity index (χ0v) is 14.1. The number of furan rings is 1. The van der Waals surface area contributed by atoms with Gasteiger partial charge < -0.3 is 14.5 Å². The van der Waals surface area contributed by atoms with Gasteiger partial charge in [-0.05, 0) is 29.8 Å². The summed E-state index contributed by atoms with van der Waals surface area (Å²) in [5.74, 6) is 0.871. The predicted octanol–water partition coefficient (Wildman–Crippen LogP) is 2.79. The van der Waals surface area contributed by atoms with Crippen molar-refractivity contribution in [1.82, 2.24) is 9.78 Å². The minimum atomic E-state index is -0.384. The molecule has 1 amide bonds. The number of hydrogen-bond donors (Lipinski definition) is 1.